The highest BCUT2D eigenvalue weighted by Crippen LogP contribution is 2.31. The van der Waals surface area contributed by atoms with Crippen molar-refractivity contribution in [2.24, 2.45) is 17.3 Å². The molecule has 0 heterocycles. The van der Waals surface area contributed by atoms with E-state index in [0.29, 0.717) is 5.92 Å². The minimum Gasteiger partial charge on any atom is -0.396 e. The molecule has 2 heteroatoms. The van der Waals surface area contributed by atoms with Gasteiger partial charge in [-0.3, -0.25) is 0 Å². The fraction of sp³-hybridized carbons (Fsp3) is 1.00. The van der Waals surface area contributed by atoms with Crippen LogP contribution < -0.4 is 0 Å². The zero-order chi connectivity index (χ0) is 9.07. The monoisotopic (exact) mass is 160 g/mol. The Morgan fingerprint density at radius 1 is 1.18 bits per heavy atom. The molecule has 2 nitrogen and oxygen atoms in total. The van der Waals surface area contributed by atoms with Crippen LogP contribution in [0, 0.1) is 17.3 Å². The summed E-state index contributed by atoms with van der Waals surface area (Å²) in [7, 11) is 0. The zero-order valence-corrected chi connectivity index (χ0v) is 7.96. The van der Waals surface area contributed by atoms with Gasteiger partial charge in [-0.2, -0.15) is 0 Å². The van der Waals surface area contributed by atoms with Gasteiger partial charge < -0.3 is 10.2 Å². The van der Waals surface area contributed by atoms with Gasteiger partial charge in [0.1, 0.15) is 0 Å². The summed E-state index contributed by atoms with van der Waals surface area (Å²) in [5.74, 6) is 0.606. The van der Waals surface area contributed by atoms with Gasteiger partial charge in [0.2, 0.25) is 0 Å². The first kappa shape index (κ1) is 10.9. The van der Waals surface area contributed by atoms with Crippen molar-refractivity contribution >= 4 is 0 Å². The van der Waals surface area contributed by atoms with Crippen LogP contribution in [0.5, 0.6) is 0 Å². The van der Waals surface area contributed by atoms with E-state index in [-0.39, 0.29) is 24.5 Å². The molecule has 0 saturated heterocycles. The molecule has 0 aromatic carbocycles. The van der Waals surface area contributed by atoms with Gasteiger partial charge in [-0.05, 0) is 17.3 Å². The molecular formula is C9H20O2. The van der Waals surface area contributed by atoms with Crippen LogP contribution in [-0.4, -0.2) is 23.4 Å². The molecule has 0 aliphatic carbocycles. The summed E-state index contributed by atoms with van der Waals surface area (Å²) in [6.45, 7) is 8.39. The average molecular weight is 160 g/mol. The Hall–Kier alpha value is -0.0800. The summed E-state index contributed by atoms with van der Waals surface area (Å²) in [5.41, 5.74) is -0.164. The second kappa shape index (κ2) is 4.07. The Bertz CT molecular complexity index is 108. The maximum atomic E-state index is 9.05. The van der Waals surface area contributed by atoms with Crippen molar-refractivity contribution in [2.45, 2.75) is 27.7 Å². The lowest BCUT2D eigenvalue weighted by Crippen LogP contribution is -2.34. The minimum atomic E-state index is -0.164. The van der Waals surface area contributed by atoms with Crippen LogP contribution in [0.1, 0.15) is 27.7 Å². The molecule has 0 aromatic rings. The van der Waals surface area contributed by atoms with Crippen LogP contribution in [0.3, 0.4) is 0 Å². The normalized spacial score (nSPS) is 15.5. The molecule has 1 atom stereocenters. The molecule has 0 rings (SSSR count). The molecular weight excluding hydrogens is 140 g/mol. The van der Waals surface area contributed by atoms with Crippen LogP contribution >= 0.6 is 0 Å². The molecule has 68 valence electrons. The summed E-state index contributed by atoms with van der Waals surface area (Å²) < 4.78 is 0. The third-order valence-electron chi connectivity index (χ3n) is 2.41. The molecule has 11 heavy (non-hydrogen) atoms. The van der Waals surface area contributed by atoms with Gasteiger partial charge in [0.25, 0.3) is 0 Å². The van der Waals surface area contributed by atoms with E-state index in [9.17, 15) is 0 Å². The Balaban J connectivity index is 4.23. The second-order valence-electron chi connectivity index (χ2n) is 4.18. The van der Waals surface area contributed by atoms with Gasteiger partial charge in [0.05, 0.1) is 0 Å². The fourth-order valence-electron chi connectivity index (χ4n) is 1.48. The zero-order valence-electron chi connectivity index (χ0n) is 7.96. The highest BCUT2D eigenvalue weighted by molar-refractivity contribution is 4.79. The van der Waals surface area contributed by atoms with Gasteiger partial charge in [0, 0.05) is 13.2 Å². The maximum Gasteiger partial charge on any atom is 0.0485 e. The molecule has 0 aromatic heterocycles. The van der Waals surface area contributed by atoms with Crippen molar-refractivity contribution in [3.63, 3.8) is 0 Å². The first-order chi connectivity index (χ1) is 4.95. The number of aliphatic hydroxyl groups is 2. The van der Waals surface area contributed by atoms with Gasteiger partial charge in [-0.25, -0.2) is 0 Å². The summed E-state index contributed by atoms with van der Waals surface area (Å²) in [6, 6.07) is 0. The molecule has 0 bridgehead atoms. The Morgan fingerprint density at radius 3 is 1.73 bits per heavy atom. The quantitative estimate of drug-likeness (QED) is 0.650. The molecule has 0 saturated carbocycles. The van der Waals surface area contributed by atoms with Gasteiger partial charge in [0.15, 0.2) is 0 Å². The fourth-order valence-corrected chi connectivity index (χ4v) is 1.48. The molecule has 0 radical (unpaired) electrons. The van der Waals surface area contributed by atoms with Gasteiger partial charge in [-0.1, -0.05) is 27.7 Å². The van der Waals surface area contributed by atoms with Crippen molar-refractivity contribution in [2.75, 3.05) is 13.2 Å². The Morgan fingerprint density at radius 2 is 1.64 bits per heavy atom. The maximum absolute atomic E-state index is 9.05. The largest absolute Gasteiger partial charge is 0.396 e. The van der Waals surface area contributed by atoms with Gasteiger partial charge in [-0.15, -0.1) is 0 Å². The third-order valence-corrected chi connectivity index (χ3v) is 2.41. The summed E-state index contributed by atoms with van der Waals surface area (Å²) in [6.07, 6.45) is 0. The number of aliphatic hydroxyl groups excluding tert-OH is 2. The lowest BCUT2D eigenvalue weighted by atomic mass is 9.74. The predicted molar refractivity (Wildman–Crippen MR) is 46.3 cm³/mol. The standard InChI is InChI=1S/C9H20O2/c1-7(2)8(5-10)9(3,4)6-11/h7-8,10-11H,5-6H2,1-4H3. The average Bonchev–Trinajstić information content (AvgIpc) is 1.88. The van der Waals surface area contributed by atoms with Crippen LogP contribution in [-0.2, 0) is 0 Å². The molecule has 1 unspecified atom stereocenters. The molecule has 0 aliphatic heterocycles. The smallest absolute Gasteiger partial charge is 0.0485 e. The van der Waals surface area contributed by atoms with E-state index >= 15 is 0 Å². The number of hydrogen-bond acceptors (Lipinski definition) is 2. The van der Waals surface area contributed by atoms with E-state index in [4.69, 9.17) is 10.2 Å². The third kappa shape index (κ3) is 2.80. The van der Waals surface area contributed by atoms with E-state index in [2.05, 4.69) is 13.8 Å². The highest BCUT2D eigenvalue weighted by Gasteiger charge is 2.30. The minimum absolute atomic E-state index is 0.135. The van der Waals surface area contributed by atoms with E-state index < -0.39 is 0 Å². The van der Waals surface area contributed by atoms with E-state index in [1.807, 2.05) is 13.8 Å². The highest BCUT2D eigenvalue weighted by atomic mass is 16.3. The van der Waals surface area contributed by atoms with Crippen molar-refractivity contribution < 1.29 is 10.2 Å². The lowest BCUT2D eigenvalue weighted by Gasteiger charge is -2.34. The van der Waals surface area contributed by atoms with Crippen molar-refractivity contribution in [1.82, 2.24) is 0 Å². The lowest BCUT2D eigenvalue weighted by molar-refractivity contribution is 0.0301. The SMILES string of the molecule is CC(C)C(CO)C(C)(C)CO. The van der Waals surface area contributed by atoms with Crippen LogP contribution in [0.15, 0.2) is 0 Å². The summed E-state index contributed by atoms with van der Waals surface area (Å²) in [5, 5.41) is 18.1. The molecule has 0 aliphatic rings. The van der Waals surface area contributed by atoms with Gasteiger partial charge >= 0.3 is 0 Å². The summed E-state index contributed by atoms with van der Waals surface area (Å²) >= 11 is 0. The van der Waals surface area contributed by atoms with Crippen LogP contribution in [0.2, 0.25) is 0 Å². The molecule has 0 fully saturated rings. The number of rotatable bonds is 4. The van der Waals surface area contributed by atoms with E-state index in [1.165, 1.54) is 0 Å². The van der Waals surface area contributed by atoms with E-state index in [0.717, 1.165) is 0 Å². The molecule has 2 N–H and O–H groups in total. The van der Waals surface area contributed by atoms with Crippen molar-refractivity contribution in [3.8, 4) is 0 Å². The number of hydrogen-bond donors (Lipinski definition) is 2. The topological polar surface area (TPSA) is 40.5 Å². The Labute approximate surface area is 69.2 Å². The molecule has 0 spiro atoms. The molecule has 0 amide bonds. The van der Waals surface area contributed by atoms with Crippen LogP contribution in [0.4, 0.5) is 0 Å². The van der Waals surface area contributed by atoms with E-state index in [1.54, 1.807) is 0 Å². The van der Waals surface area contributed by atoms with Crippen molar-refractivity contribution in [1.29, 1.82) is 0 Å². The van der Waals surface area contributed by atoms with Crippen LogP contribution in [0.25, 0.3) is 0 Å². The van der Waals surface area contributed by atoms with Crippen molar-refractivity contribution in [3.05, 3.63) is 0 Å². The first-order valence-electron chi connectivity index (χ1n) is 4.17. The first-order valence-corrected chi connectivity index (χ1v) is 4.17. The summed E-state index contributed by atoms with van der Waals surface area (Å²) in [4.78, 5) is 0. The second-order valence-corrected chi connectivity index (χ2v) is 4.18. The predicted octanol–water partition coefficient (Wildman–Crippen LogP) is 1.27. The Kier molecular flexibility index (Phi) is 4.04.